The smallest absolute Gasteiger partial charge is 0.303 e. The van der Waals surface area contributed by atoms with E-state index in [1.54, 1.807) is 0 Å². The molecule has 0 spiro atoms. The van der Waals surface area contributed by atoms with Crippen molar-refractivity contribution < 1.29 is 54.4 Å². The molecule has 0 saturated carbocycles. The van der Waals surface area contributed by atoms with Crippen LogP contribution in [0.4, 0.5) is 35.1 Å². The molecule has 0 aromatic heterocycles. The lowest BCUT2D eigenvalue weighted by Gasteiger charge is -2.50. The maximum Gasteiger partial charge on any atom is 0.466 e. The Balaban J connectivity index is 0.00000119. The van der Waals surface area contributed by atoms with Crippen molar-refractivity contribution in [1.29, 1.82) is 0 Å². The standard InChI is InChI=1S/C13H19F8N.H3O4P/c1-8-4-3-5-11(2,6-12(18,19)9(14)15)22(8)7-13(20,21)10(16)17;1-5(2,3)4/h8-10H,3-7H2,1-2H3;(H3,1,2,3,4). The van der Waals surface area contributed by atoms with Gasteiger partial charge in [-0.3, -0.25) is 4.90 Å². The van der Waals surface area contributed by atoms with Gasteiger partial charge in [0.25, 0.3) is 0 Å². The van der Waals surface area contributed by atoms with Gasteiger partial charge in [0, 0.05) is 18.0 Å². The van der Waals surface area contributed by atoms with E-state index in [-0.39, 0.29) is 6.42 Å². The third-order valence-electron chi connectivity index (χ3n) is 4.20. The molecule has 0 aromatic rings. The van der Waals surface area contributed by atoms with Crippen LogP contribution in [0.25, 0.3) is 0 Å². The van der Waals surface area contributed by atoms with Crippen molar-refractivity contribution in [2.45, 2.75) is 75.8 Å². The van der Waals surface area contributed by atoms with Gasteiger partial charge < -0.3 is 14.7 Å². The molecule has 5 nitrogen and oxygen atoms in total. The van der Waals surface area contributed by atoms with E-state index in [0.29, 0.717) is 12.8 Å². The minimum absolute atomic E-state index is 0.0288. The van der Waals surface area contributed by atoms with Crippen LogP contribution >= 0.6 is 7.82 Å². The van der Waals surface area contributed by atoms with Crippen LogP contribution in [0.5, 0.6) is 0 Å². The van der Waals surface area contributed by atoms with Gasteiger partial charge in [-0.05, 0) is 26.7 Å². The van der Waals surface area contributed by atoms with Gasteiger partial charge in [-0.25, -0.2) is 30.9 Å². The highest BCUT2D eigenvalue weighted by Gasteiger charge is 2.53. The first-order valence-corrected chi connectivity index (χ1v) is 9.25. The zero-order valence-electron chi connectivity index (χ0n) is 14.4. The molecule has 1 aliphatic heterocycles. The molecule has 1 heterocycles. The summed E-state index contributed by atoms with van der Waals surface area (Å²) in [5, 5.41) is 0. The van der Waals surface area contributed by atoms with E-state index in [2.05, 4.69) is 0 Å². The molecule has 27 heavy (non-hydrogen) atoms. The summed E-state index contributed by atoms with van der Waals surface area (Å²) < 4.78 is 112. The summed E-state index contributed by atoms with van der Waals surface area (Å²) >= 11 is 0. The number of hydrogen-bond donors (Lipinski definition) is 3. The molecule has 0 aromatic carbocycles. The zero-order valence-corrected chi connectivity index (χ0v) is 15.3. The highest BCUT2D eigenvalue weighted by atomic mass is 31.2. The predicted molar refractivity (Wildman–Crippen MR) is 79.2 cm³/mol. The van der Waals surface area contributed by atoms with Crippen LogP contribution in [0.2, 0.25) is 0 Å². The number of rotatable bonds is 6. The molecule has 1 aliphatic rings. The summed E-state index contributed by atoms with van der Waals surface area (Å²) in [6.07, 6.45) is -8.51. The van der Waals surface area contributed by atoms with Crippen LogP contribution in [0.15, 0.2) is 0 Å². The van der Waals surface area contributed by atoms with Crippen molar-refractivity contribution in [1.82, 2.24) is 4.90 Å². The predicted octanol–water partition coefficient (Wildman–Crippen LogP) is 3.88. The number of nitrogens with zero attached hydrogens (tertiary/aromatic N) is 1. The fourth-order valence-corrected chi connectivity index (χ4v) is 3.03. The summed E-state index contributed by atoms with van der Waals surface area (Å²) in [5.74, 6) is -8.74. The number of piperidine rings is 1. The van der Waals surface area contributed by atoms with Gasteiger partial charge in [-0.2, -0.15) is 8.78 Å². The molecule has 0 radical (unpaired) electrons. The second-order valence-corrected chi connectivity index (χ2v) is 7.71. The Kier molecular flexibility index (Phi) is 9.17. The van der Waals surface area contributed by atoms with E-state index in [9.17, 15) is 35.1 Å². The van der Waals surface area contributed by atoms with Gasteiger partial charge in [0.2, 0.25) is 0 Å². The molecule has 1 rings (SSSR count). The van der Waals surface area contributed by atoms with E-state index in [4.69, 9.17) is 19.2 Å². The Hall–Kier alpha value is -0.490. The normalized spacial score (nSPS) is 25.5. The van der Waals surface area contributed by atoms with Gasteiger partial charge in [0.1, 0.15) is 0 Å². The Bertz CT molecular complexity index is 510. The first kappa shape index (κ1) is 26.5. The van der Waals surface area contributed by atoms with Crippen LogP contribution in [0, 0.1) is 0 Å². The summed E-state index contributed by atoms with van der Waals surface area (Å²) in [6, 6.07) is -0.670. The fourth-order valence-electron chi connectivity index (χ4n) is 3.03. The van der Waals surface area contributed by atoms with E-state index in [0.717, 1.165) is 11.8 Å². The van der Waals surface area contributed by atoms with Crippen LogP contribution in [-0.2, 0) is 4.57 Å². The molecule has 2 unspecified atom stereocenters. The van der Waals surface area contributed by atoms with Crippen molar-refractivity contribution >= 4 is 7.82 Å². The Morgan fingerprint density at radius 3 is 1.85 bits per heavy atom. The average Bonchev–Trinajstić information content (AvgIpc) is 2.40. The van der Waals surface area contributed by atoms with E-state index < -0.39 is 57.1 Å². The van der Waals surface area contributed by atoms with Crippen molar-refractivity contribution in [3.63, 3.8) is 0 Å². The average molecular weight is 439 g/mol. The van der Waals surface area contributed by atoms with Crippen molar-refractivity contribution in [3.05, 3.63) is 0 Å². The largest absolute Gasteiger partial charge is 0.466 e. The maximum absolute atomic E-state index is 13.4. The summed E-state index contributed by atoms with van der Waals surface area (Å²) in [6.45, 7) is 1.17. The number of halogens is 8. The molecule has 1 fully saturated rings. The maximum atomic E-state index is 13.4. The Labute approximate surface area is 150 Å². The van der Waals surface area contributed by atoms with Crippen LogP contribution in [-0.4, -0.2) is 62.4 Å². The first-order valence-electron chi connectivity index (χ1n) is 7.69. The Morgan fingerprint density at radius 1 is 1.07 bits per heavy atom. The molecule has 0 amide bonds. The number of likely N-dealkylation sites (tertiary alicyclic amines) is 1. The third kappa shape index (κ3) is 9.03. The third-order valence-corrected chi connectivity index (χ3v) is 4.20. The minimum Gasteiger partial charge on any atom is -0.303 e. The second kappa shape index (κ2) is 9.34. The summed E-state index contributed by atoms with van der Waals surface area (Å²) in [4.78, 5) is 22.4. The van der Waals surface area contributed by atoms with Gasteiger partial charge in [0.15, 0.2) is 0 Å². The molecule has 0 aliphatic carbocycles. The molecule has 164 valence electrons. The highest BCUT2D eigenvalue weighted by Crippen LogP contribution is 2.43. The minimum atomic E-state index is -4.64. The second-order valence-electron chi connectivity index (χ2n) is 6.68. The van der Waals surface area contributed by atoms with E-state index >= 15 is 0 Å². The fraction of sp³-hybridized carbons (Fsp3) is 1.00. The van der Waals surface area contributed by atoms with E-state index in [1.807, 2.05) is 0 Å². The van der Waals surface area contributed by atoms with Crippen LogP contribution in [0.3, 0.4) is 0 Å². The van der Waals surface area contributed by atoms with Crippen LogP contribution < -0.4 is 0 Å². The molecule has 3 N–H and O–H groups in total. The van der Waals surface area contributed by atoms with Gasteiger partial charge in [-0.1, -0.05) is 6.42 Å². The Morgan fingerprint density at radius 2 is 1.48 bits per heavy atom. The lowest BCUT2D eigenvalue weighted by atomic mass is 9.80. The lowest BCUT2D eigenvalue weighted by Crippen LogP contribution is -2.60. The van der Waals surface area contributed by atoms with Gasteiger partial charge in [-0.15, -0.1) is 0 Å². The number of hydrogen-bond acceptors (Lipinski definition) is 2. The SMILES string of the molecule is CC1CCCC(C)(CC(F)(F)C(F)F)N1CC(F)(F)C(F)F.O=P(O)(O)O. The monoisotopic (exact) mass is 439 g/mol. The molecular formula is C13H22F8NO4P. The van der Waals surface area contributed by atoms with Crippen LogP contribution in [0.1, 0.15) is 39.5 Å². The van der Waals surface area contributed by atoms with Crippen molar-refractivity contribution in [2.24, 2.45) is 0 Å². The topological polar surface area (TPSA) is 81.0 Å². The van der Waals surface area contributed by atoms with Gasteiger partial charge in [0.05, 0.1) is 6.54 Å². The van der Waals surface area contributed by atoms with Crippen molar-refractivity contribution in [3.8, 4) is 0 Å². The number of alkyl halides is 8. The molecular weight excluding hydrogens is 417 g/mol. The molecule has 14 heteroatoms. The van der Waals surface area contributed by atoms with Crippen molar-refractivity contribution in [2.75, 3.05) is 6.54 Å². The highest BCUT2D eigenvalue weighted by molar-refractivity contribution is 7.45. The number of phosphoric acid groups is 1. The van der Waals surface area contributed by atoms with E-state index in [1.165, 1.54) is 6.92 Å². The first-order chi connectivity index (χ1) is 11.8. The summed E-state index contributed by atoms with van der Waals surface area (Å²) in [5.41, 5.74) is -1.68. The quantitative estimate of drug-likeness (QED) is 0.433. The molecule has 2 atom stereocenters. The lowest BCUT2D eigenvalue weighted by molar-refractivity contribution is -0.189. The molecule has 1 saturated heterocycles. The zero-order chi connectivity index (χ0) is 21.8. The molecule has 0 bridgehead atoms. The van der Waals surface area contributed by atoms with Gasteiger partial charge >= 0.3 is 32.5 Å². The summed E-state index contributed by atoms with van der Waals surface area (Å²) in [7, 11) is -4.64.